The lowest BCUT2D eigenvalue weighted by molar-refractivity contribution is -0.117. The summed E-state index contributed by atoms with van der Waals surface area (Å²) in [6, 6.07) is 6.83. The molecule has 25 heavy (non-hydrogen) atoms. The van der Waals surface area contributed by atoms with E-state index in [0.717, 1.165) is 6.42 Å². The van der Waals surface area contributed by atoms with Gasteiger partial charge >= 0.3 is 0 Å². The number of Topliss-reactive ketones (excluding diaryl/α,β-unsaturated/α-hetero) is 1. The second kappa shape index (κ2) is 7.14. The maximum atomic E-state index is 12.7. The molecule has 0 radical (unpaired) electrons. The van der Waals surface area contributed by atoms with Crippen molar-refractivity contribution in [2.75, 3.05) is 16.8 Å². The lowest BCUT2D eigenvalue weighted by Gasteiger charge is -2.10. The molecular formula is C18H19N3O3S. The number of nitrogens with zero attached hydrogens (tertiary/aromatic N) is 2. The second-order valence-corrected chi connectivity index (χ2v) is 6.84. The number of aromatic nitrogens is 1. The number of rotatable bonds is 5. The van der Waals surface area contributed by atoms with Gasteiger partial charge in [0.1, 0.15) is 4.88 Å². The Morgan fingerprint density at radius 3 is 2.80 bits per heavy atom. The number of thiazole rings is 1. The standard InChI is InChI=1S/C18H19N3O3S/c1-3-14-16(25-18(20-14)21-9-5-8-15(21)23)17(24)19-13-7-4-6-12(10-13)11(2)22/h4,6-7,10H,3,5,8-9H2,1-2H3,(H,19,24). The van der Waals surface area contributed by atoms with Gasteiger partial charge in [0.15, 0.2) is 10.9 Å². The topological polar surface area (TPSA) is 79.4 Å². The van der Waals surface area contributed by atoms with Crippen LogP contribution in [0.4, 0.5) is 10.8 Å². The van der Waals surface area contributed by atoms with E-state index in [0.29, 0.717) is 46.3 Å². The van der Waals surface area contributed by atoms with Gasteiger partial charge in [0.2, 0.25) is 5.91 Å². The third-order valence-corrected chi connectivity index (χ3v) is 5.18. The highest BCUT2D eigenvalue weighted by atomic mass is 32.1. The molecule has 0 atom stereocenters. The minimum absolute atomic E-state index is 0.0533. The molecule has 0 saturated carbocycles. The van der Waals surface area contributed by atoms with Crippen molar-refractivity contribution in [1.29, 1.82) is 0 Å². The summed E-state index contributed by atoms with van der Waals surface area (Å²) in [7, 11) is 0. The van der Waals surface area contributed by atoms with Crippen LogP contribution in [0, 0.1) is 0 Å². The molecule has 0 aliphatic carbocycles. The van der Waals surface area contributed by atoms with E-state index in [2.05, 4.69) is 10.3 Å². The number of hydrogen-bond donors (Lipinski definition) is 1. The average molecular weight is 357 g/mol. The Labute approximate surface area is 149 Å². The fourth-order valence-corrected chi connectivity index (χ4v) is 3.82. The summed E-state index contributed by atoms with van der Waals surface area (Å²) in [6.07, 6.45) is 1.95. The van der Waals surface area contributed by atoms with E-state index in [1.54, 1.807) is 29.2 Å². The van der Waals surface area contributed by atoms with Crippen molar-refractivity contribution in [2.45, 2.75) is 33.1 Å². The van der Waals surface area contributed by atoms with E-state index in [9.17, 15) is 14.4 Å². The fourth-order valence-electron chi connectivity index (χ4n) is 2.73. The van der Waals surface area contributed by atoms with Gasteiger partial charge in [-0.05, 0) is 31.9 Å². The third-order valence-electron chi connectivity index (χ3n) is 4.06. The molecule has 1 aliphatic heterocycles. The number of hydrogen-bond acceptors (Lipinski definition) is 5. The molecule has 1 aliphatic rings. The van der Waals surface area contributed by atoms with Gasteiger partial charge in [-0.1, -0.05) is 30.4 Å². The largest absolute Gasteiger partial charge is 0.321 e. The summed E-state index contributed by atoms with van der Waals surface area (Å²) in [6.45, 7) is 4.06. The van der Waals surface area contributed by atoms with E-state index >= 15 is 0 Å². The zero-order valence-corrected chi connectivity index (χ0v) is 15.0. The van der Waals surface area contributed by atoms with Crippen LogP contribution in [0.3, 0.4) is 0 Å². The SMILES string of the molecule is CCc1nc(N2CCCC2=O)sc1C(=O)Nc1cccc(C(C)=O)c1. The molecule has 1 aromatic carbocycles. The molecule has 1 fully saturated rings. The molecule has 0 unspecified atom stereocenters. The number of nitrogens with one attached hydrogen (secondary N) is 1. The maximum Gasteiger partial charge on any atom is 0.267 e. The number of carbonyl (C=O) groups is 3. The molecule has 3 rings (SSSR count). The first-order valence-corrected chi connectivity index (χ1v) is 9.03. The van der Waals surface area contributed by atoms with Gasteiger partial charge < -0.3 is 5.32 Å². The first-order chi connectivity index (χ1) is 12.0. The van der Waals surface area contributed by atoms with E-state index < -0.39 is 0 Å². The molecule has 1 saturated heterocycles. The monoisotopic (exact) mass is 357 g/mol. The van der Waals surface area contributed by atoms with Crippen molar-refractivity contribution in [1.82, 2.24) is 4.98 Å². The first kappa shape index (κ1) is 17.3. The van der Waals surface area contributed by atoms with Crippen LogP contribution in [0.2, 0.25) is 0 Å². The van der Waals surface area contributed by atoms with Crippen LogP contribution in [-0.4, -0.2) is 29.1 Å². The average Bonchev–Trinajstić information content (AvgIpc) is 3.20. The van der Waals surface area contributed by atoms with Gasteiger partial charge in [-0.25, -0.2) is 4.98 Å². The van der Waals surface area contributed by atoms with Crippen molar-refractivity contribution in [3.8, 4) is 0 Å². The molecule has 2 heterocycles. The third kappa shape index (κ3) is 3.61. The predicted molar refractivity (Wildman–Crippen MR) is 97.5 cm³/mol. The van der Waals surface area contributed by atoms with Gasteiger partial charge in [-0.15, -0.1) is 0 Å². The Morgan fingerprint density at radius 1 is 1.36 bits per heavy atom. The summed E-state index contributed by atoms with van der Waals surface area (Å²) in [5, 5.41) is 3.40. The maximum absolute atomic E-state index is 12.7. The molecule has 1 N–H and O–H groups in total. The predicted octanol–water partition coefficient (Wildman–Crippen LogP) is 3.29. The number of carbonyl (C=O) groups excluding carboxylic acids is 3. The first-order valence-electron chi connectivity index (χ1n) is 8.22. The van der Waals surface area contributed by atoms with Crippen LogP contribution in [0.1, 0.15) is 52.4 Å². The Kier molecular flexibility index (Phi) is 4.94. The van der Waals surface area contributed by atoms with Crippen molar-refractivity contribution in [3.05, 3.63) is 40.4 Å². The Hall–Kier alpha value is -2.54. The molecule has 0 bridgehead atoms. The second-order valence-electron chi connectivity index (χ2n) is 5.87. The number of benzene rings is 1. The Morgan fingerprint density at radius 2 is 2.16 bits per heavy atom. The molecule has 130 valence electrons. The normalized spacial score (nSPS) is 14.0. The van der Waals surface area contributed by atoms with Crippen molar-refractivity contribution < 1.29 is 14.4 Å². The minimum atomic E-state index is -0.270. The summed E-state index contributed by atoms with van der Waals surface area (Å²) < 4.78 is 0. The van der Waals surface area contributed by atoms with Gasteiger partial charge in [0.25, 0.3) is 5.91 Å². The number of aryl methyl sites for hydroxylation is 1. The lowest BCUT2D eigenvalue weighted by atomic mass is 10.1. The lowest BCUT2D eigenvalue weighted by Crippen LogP contribution is -2.23. The summed E-state index contributed by atoms with van der Waals surface area (Å²) in [4.78, 5) is 42.7. The van der Waals surface area contributed by atoms with Crippen molar-refractivity contribution >= 4 is 39.8 Å². The molecule has 1 aromatic heterocycles. The van der Waals surface area contributed by atoms with Gasteiger partial charge in [0, 0.05) is 24.2 Å². The van der Waals surface area contributed by atoms with Crippen LogP contribution in [0.25, 0.3) is 0 Å². The van der Waals surface area contributed by atoms with Gasteiger partial charge in [0.05, 0.1) is 5.69 Å². The summed E-state index contributed by atoms with van der Waals surface area (Å²) in [5.41, 5.74) is 1.79. The van der Waals surface area contributed by atoms with Gasteiger partial charge in [-0.3, -0.25) is 19.3 Å². The van der Waals surface area contributed by atoms with Crippen LogP contribution in [-0.2, 0) is 11.2 Å². The van der Waals surface area contributed by atoms with E-state index in [-0.39, 0.29) is 17.6 Å². The highest BCUT2D eigenvalue weighted by Crippen LogP contribution is 2.30. The molecule has 7 heteroatoms. The summed E-state index contributed by atoms with van der Waals surface area (Å²) >= 11 is 1.24. The zero-order valence-electron chi connectivity index (χ0n) is 14.2. The smallest absolute Gasteiger partial charge is 0.267 e. The van der Waals surface area contributed by atoms with E-state index in [4.69, 9.17) is 0 Å². The van der Waals surface area contributed by atoms with Crippen LogP contribution in [0.5, 0.6) is 0 Å². The quantitative estimate of drug-likeness (QED) is 0.833. The van der Waals surface area contributed by atoms with Crippen LogP contribution < -0.4 is 10.2 Å². The molecule has 2 amide bonds. The summed E-state index contributed by atoms with van der Waals surface area (Å²) in [5.74, 6) is -0.275. The number of amides is 2. The molecule has 6 nitrogen and oxygen atoms in total. The zero-order chi connectivity index (χ0) is 18.0. The van der Waals surface area contributed by atoms with Crippen molar-refractivity contribution in [3.63, 3.8) is 0 Å². The minimum Gasteiger partial charge on any atom is -0.321 e. The Bertz CT molecular complexity index is 844. The highest BCUT2D eigenvalue weighted by molar-refractivity contribution is 7.18. The van der Waals surface area contributed by atoms with Gasteiger partial charge in [-0.2, -0.15) is 0 Å². The van der Waals surface area contributed by atoms with E-state index in [1.165, 1.54) is 18.3 Å². The van der Waals surface area contributed by atoms with Crippen LogP contribution in [0.15, 0.2) is 24.3 Å². The van der Waals surface area contributed by atoms with Crippen molar-refractivity contribution in [2.24, 2.45) is 0 Å². The molecule has 2 aromatic rings. The molecule has 0 spiro atoms. The van der Waals surface area contributed by atoms with Crippen LogP contribution >= 0.6 is 11.3 Å². The molecular weight excluding hydrogens is 338 g/mol. The number of ketones is 1. The van der Waals surface area contributed by atoms with E-state index in [1.807, 2.05) is 6.92 Å². The Balaban J connectivity index is 1.84. The number of anilines is 2. The highest BCUT2D eigenvalue weighted by Gasteiger charge is 2.27. The fraction of sp³-hybridized carbons (Fsp3) is 0.333.